The Bertz CT molecular complexity index is 816. The van der Waals surface area contributed by atoms with Crippen LogP contribution >= 0.6 is 0 Å². The van der Waals surface area contributed by atoms with E-state index in [1.54, 1.807) is 20.8 Å². The van der Waals surface area contributed by atoms with E-state index in [9.17, 15) is 19.2 Å². The van der Waals surface area contributed by atoms with Crippen molar-refractivity contribution in [2.75, 3.05) is 105 Å². The van der Waals surface area contributed by atoms with E-state index in [0.29, 0.717) is 78.7 Å². The molecule has 2 aliphatic rings. The minimum Gasteiger partial charge on any atom is -0.465 e. The highest BCUT2D eigenvalue weighted by Gasteiger charge is 2.31. The van der Waals surface area contributed by atoms with Gasteiger partial charge in [0.2, 0.25) is 5.91 Å². The maximum absolute atomic E-state index is 13.2. The van der Waals surface area contributed by atoms with Crippen LogP contribution in [-0.4, -0.2) is 171 Å². The van der Waals surface area contributed by atoms with Crippen molar-refractivity contribution in [1.82, 2.24) is 24.5 Å². The van der Waals surface area contributed by atoms with Gasteiger partial charge in [0.1, 0.15) is 18.1 Å². The molecule has 0 aromatic heterocycles. The summed E-state index contributed by atoms with van der Waals surface area (Å²) in [6.07, 6.45) is 0. The molecule has 3 atom stereocenters. The van der Waals surface area contributed by atoms with Crippen molar-refractivity contribution in [3.05, 3.63) is 0 Å². The molecule has 0 bridgehead atoms. The Balaban J connectivity index is 2.32. The summed E-state index contributed by atoms with van der Waals surface area (Å²) in [4.78, 5) is 61.5. The van der Waals surface area contributed by atoms with E-state index in [1.165, 1.54) is 0 Å². The van der Waals surface area contributed by atoms with Crippen LogP contribution in [0.4, 0.5) is 0 Å². The monoisotopic (exact) mass is 599 g/mol. The van der Waals surface area contributed by atoms with Gasteiger partial charge in [-0.3, -0.25) is 38.8 Å². The Hall–Kier alpha value is -2.32. The average molecular weight is 600 g/mol. The molecular formula is C29H53N5O8. The van der Waals surface area contributed by atoms with Gasteiger partial charge in [0, 0.05) is 65.4 Å². The second-order valence-corrected chi connectivity index (χ2v) is 10.7. The van der Waals surface area contributed by atoms with E-state index in [1.807, 2.05) is 30.6 Å². The molecule has 0 N–H and O–H groups in total. The molecule has 0 spiro atoms. The van der Waals surface area contributed by atoms with Gasteiger partial charge in [-0.2, -0.15) is 0 Å². The number of hydrogen-bond donors (Lipinski definition) is 0. The molecular weight excluding hydrogens is 546 g/mol. The third-order valence-electron chi connectivity index (χ3n) is 8.00. The summed E-state index contributed by atoms with van der Waals surface area (Å²) in [6, 6.07) is -1.50. The summed E-state index contributed by atoms with van der Waals surface area (Å²) in [6.45, 7) is 18.2. The Labute approximate surface area is 251 Å². The summed E-state index contributed by atoms with van der Waals surface area (Å²) in [5.41, 5.74) is 0. The summed E-state index contributed by atoms with van der Waals surface area (Å²) >= 11 is 0. The van der Waals surface area contributed by atoms with Gasteiger partial charge in [0.25, 0.3) is 0 Å². The number of nitrogens with zero attached hydrogens (tertiary/aromatic N) is 5. The molecule has 0 aromatic rings. The van der Waals surface area contributed by atoms with Crippen molar-refractivity contribution in [3.8, 4) is 0 Å². The van der Waals surface area contributed by atoms with Crippen molar-refractivity contribution in [1.29, 1.82) is 0 Å². The Morgan fingerprint density at radius 1 is 0.571 bits per heavy atom. The second-order valence-electron chi connectivity index (χ2n) is 10.7. The van der Waals surface area contributed by atoms with Crippen molar-refractivity contribution >= 4 is 23.8 Å². The molecule has 2 saturated heterocycles. The van der Waals surface area contributed by atoms with Crippen LogP contribution in [0.1, 0.15) is 41.5 Å². The van der Waals surface area contributed by atoms with E-state index in [-0.39, 0.29) is 50.2 Å². The Kier molecular flexibility index (Phi) is 16.3. The van der Waals surface area contributed by atoms with Crippen LogP contribution in [0.25, 0.3) is 0 Å². The molecule has 0 saturated carbocycles. The Morgan fingerprint density at radius 3 is 1.24 bits per heavy atom. The van der Waals surface area contributed by atoms with Gasteiger partial charge < -0.3 is 23.8 Å². The topological polar surface area (TPSA) is 121 Å². The highest BCUT2D eigenvalue weighted by Crippen LogP contribution is 2.11. The highest BCUT2D eigenvalue weighted by atomic mass is 16.5. The van der Waals surface area contributed by atoms with Crippen molar-refractivity contribution in [2.24, 2.45) is 0 Å². The number of ether oxygens (including phenoxy) is 4. The largest absolute Gasteiger partial charge is 0.465 e. The maximum Gasteiger partial charge on any atom is 0.323 e. The molecule has 2 rings (SSSR count). The zero-order valence-electron chi connectivity index (χ0n) is 26.5. The van der Waals surface area contributed by atoms with Gasteiger partial charge in [-0.1, -0.05) is 0 Å². The number of morpholine rings is 1. The van der Waals surface area contributed by atoms with Gasteiger partial charge in [0.15, 0.2) is 0 Å². The predicted octanol–water partition coefficient (Wildman–Crippen LogP) is -0.0784. The first kappa shape index (κ1) is 35.9. The van der Waals surface area contributed by atoms with E-state index in [0.717, 1.165) is 0 Å². The van der Waals surface area contributed by atoms with E-state index < -0.39 is 18.1 Å². The predicted molar refractivity (Wildman–Crippen MR) is 157 cm³/mol. The van der Waals surface area contributed by atoms with Crippen LogP contribution in [0.5, 0.6) is 0 Å². The molecule has 13 heteroatoms. The number of hydrogen-bond acceptors (Lipinski definition) is 12. The highest BCUT2D eigenvalue weighted by molar-refractivity contribution is 5.78. The molecule has 13 nitrogen and oxygen atoms in total. The van der Waals surface area contributed by atoms with Crippen LogP contribution in [0.3, 0.4) is 0 Å². The lowest BCUT2D eigenvalue weighted by Gasteiger charge is -2.38. The summed E-state index contributed by atoms with van der Waals surface area (Å²) in [7, 11) is 0. The number of carbonyl (C=O) groups is 4. The molecule has 2 fully saturated rings. The minimum atomic E-state index is -0.505. The van der Waals surface area contributed by atoms with Crippen molar-refractivity contribution < 1.29 is 38.1 Å². The lowest BCUT2D eigenvalue weighted by molar-refractivity contribution is -0.152. The van der Waals surface area contributed by atoms with Gasteiger partial charge in [-0.15, -0.1) is 0 Å². The van der Waals surface area contributed by atoms with E-state index in [2.05, 4.69) is 14.7 Å². The molecule has 0 radical (unpaired) electrons. The average Bonchev–Trinajstić information content (AvgIpc) is 2.98. The second kappa shape index (κ2) is 19.1. The smallest absolute Gasteiger partial charge is 0.323 e. The summed E-state index contributed by atoms with van der Waals surface area (Å²) in [5, 5.41) is 0. The van der Waals surface area contributed by atoms with Crippen LogP contribution in [0, 0.1) is 0 Å². The van der Waals surface area contributed by atoms with Crippen LogP contribution in [0.2, 0.25) is 0 Å². The number of amides is 1. The fraction of sp³-hybridized carbons (Fsp3) is 0.862. The quantitative estimate of drug-likeness (QED) is 0.233. The molecule has 2 heterocycles. The van der Waals surface area contributed by atoms with Crippen LogP contribution in [-0.2, 0) is 38.1 Å². The van der Waals surface area contributed by atoms with Crippen LogP contribution in [0.15, 0.2) is 0 Å². The standard InChI is InChI=1S/C29H53N5O8/c1-7-40-27(36)23(4)31-12-10-30(22-26(35)34-18-20-39-21-19-34)11-13-32(24(5)28(37)41-8-2)15-17-33(16-14-31)25(6)29(38)42-9-3/h23-25H,7-22H2,1-6H3. The molecule has 242 valence electrons. The van der Waals surface area contributed by atoms with E-state index in [4.69, 9.17) is 18.9 Å². The first-order valence-electron chi connectivity index (χ1n) is 15.4. The third-order valence-corrected chi connectivity index (χ3v) is 8.00. The maximum atomic E-state index is 13.2. The minimum absolute atomic E-state index is 0.0369. The molecule has 3 unspecified atom stereocenters. The fourth-order valence-electron chi connectivity index (χ4n) is 5.16. The zero-order valence-corrected chi connectivity index (χ0v) is 26.5. The summed E-state index contributed by atoms with van der Waals surface area (Å²) < 4.78 is 21.4. The zero-order chi connectivity index (χ0) is 31.1. The SMILES string of the molecule is CCOC(=O)C(C)N1CCN(CC(=O)N2CCOCC2)CCN(C(C)C(=O)OCC)CCN(C(C)C(=O)OCC)CC1. The van der Waals surface area contributed by atoms with Crippen molar-refractivity contribution in [2.45, 2.75) is 59.7 Å². The fourth-order valence-corrected chi connectivity index (χ4v) is 5.16. The first-order chi connectivity index (χ1) is 20.1. The normalized spacial score (nSPS) is 21.3. The molecule has 1 amide bonds. The number of esters is 3. The van der Waals surface area contributed by atoms with Gasteiger partial charge in [0.05, 0.1) is 39.6 Å². The molecule has 0 aromatic carbocycles. The first-order valence-corrected chi connectivity index (χ1v) is 15.4. The molecule has 2 aliphatic heterocycles. The van der Waals surface area contributed by atoms with Gasteiger partial charge >= 0.3 is 17.9 Å². The van der Waals surface area contributed by atoms with Crippen molar-refractivity contribution in [3.63, 3.8) is 0 Å². The van der Waals surface area contributed by atoms with E-state index >= 15 is 0 Å². The Morgan fingerprint density at radius 2 is 0.905 bits per heavy atom. The lowest BCUT2D eigenvalue weighted by Crippen LogP contribution is -2.55. The van der Waals surface area contributed by atoms with Gasteiger partial charge in [-0.25, -0.2) is 0 Å². The molecule has 42 heavy (non-hydrogen) atoms. The summed E-state index contributed by atoms with van der Waals surface area (Å²) in [5.74, 6) is -0.887. The molecule has 0 aliphatic carbocycles. The third kappa shape index (κ3) is 11.4. The van der Waals surface area contributed by atoms with Gasteiger partial charge in [-0.05, 0) is 41.5 Å². The number of rotatable bonds is 11. The lowest BCUT2D eigenvalue weighted by atomic mass is 10.2. The van der Waals surface area contributed by atoms with Crippen LogP contribution < -0.4 is 0 Å². The number of carbonyl (C=O) groups excluding carboxylic acids is 4.